The number of aromatic nitrogens is 1. The summed E-state index contributed by atoms with van der Waals surface area (Å²) < 4.78 is 26.7. The van der Waals surface area contributed by atoms with E-state index in [0.717, 1.165) is 30.0 Å². The number of nitrogens with two attached hydrogens (primary N) is 1. The van der Waals surface area contributed by atoms with Crippen LogP contribution in [0.4, 0.5) is 8.78 Å². The molecule has 1 aromatic carbocycles. The Morgan fingerprint density at radius 3 is 2.78 bits per heavy atom. The fourth-order valence-electron chi connectivity index (χ4n) is 2.16. The average Bonchev–Trinajstić information content (AvgIpc) is 2.77. The number of hydrogen-bond acceptors (Lipinski definition) is 3. The van der Waals surface area contributed by atoms with Crippen LogP contribution >= 0.6 is 11.3 Å². The van der Waals surface area contributed by atoms with Crippen LogP contribution in [0.15, 0.2) is 23.6 Å². The van der Waals surface area contributed by atoms with E-state index in [9.17, 15) is 8.78 Å². The van der Waals surface area contributed by atoms with E-state index < -0.39 is 11.6 Å². The van der Waals surface area contributed by atoms with Crippen molar-refractivity contribution in [2.24, 2.45) is 5.73 Å². The van der Waals surface area contributed by atoms with Gasteiger partial charge in [0.25, 0.3) is 0 Å². The molecule has 0 unspecified atom stereocenters. The number of nitrogens with zero attached hydrogens (tertiary/aromatic N) is 1. The second-order valence-corrected chi connectivity index (χ2v) is 5.51. The van der Waals surface area contributed by atoms with Crippen molar-refractivity contribution in [1.29, 1.82) is 0 Å². The maximum Gasteiger partial charge on any atom is 0.132 e. The highest BCUT2D eigenvalue weighted by Crippen LogP contribution is 2.38. The Morgan fingerprint density at radius 1 is 1.28 bits per heavy atom. The molecule has 0 bridgehead atoms. The lowest BCUT2D eigenvalue weighted by Gasteiger charge is -2.30. The van der Waals surface area contributed by atoms with E-state index in [4.69, 9.17) is 5.73 Å². The Hall–Kier alpha value is -1.33. The lowest BCUT2D eigenvalue weighted by Crippen LogP contribution is -2.34. The molecule has 1 aliphatic rings. The molecular weight excluding hydrogens is 254 g/mol. The fourth-order valence-corrected chi connectivity index (χ4v) is 3.10. The van der Waals surface area contributed by atoms with Crippen LogP contribution in [0.1, 0.15) is 23.8 Å². The van der Waals surface area contributed by atoms with Crippen molar-refractivity contribution in [3.63, 3.8) is 0 Å². The summed E-state index contributed by atoms with van der Waals surface area (Å²) in [4.78, 5) is 4.40. The quantitative estimate of drug-likeness (QED) is 0.905. The minimum absolute atomic E-state index is 0.223. The van der Waals surface area contributed by atoms with Gasteiger partial charge in [0, 0.05) is 22.9 Å². The average molecular weight is 266 g/mol. The molecule has 1 aliphatic carbocycles. The highest BCUT2D eigenvalue weighted by atomic mass is 32.1. The molecule has 1 fully saturated rings. The molecule has 2 nitrogen and oxygen atoms in total. The molecule has 1 saturated carbocycles. The monoisotopic (exact) mass is 266 g/mol. The molecule has 0 radical (unpaired) electrons. The van der Waals surface area contributed by atoms with Gasteiger partial charge in [0.1, 0.15) is 11.6 Å². The van der Waals surface area contributed by atoms with Crippen LogP contribution in [0.5, 0.6) is 0 Å². The number of halogens is 2. The van der Waals surface area contributed by atoms with Crippen LogP contribution in [0.3, 0.4) is 0 Å². The van der Waals surface area contributed by atoms with Crippen molar-refractivity contribution < 1.29 is 8.78 Å². The molecule has 0 amide bonds. The second-order valence-electron chi connectivity index (χ2n) is 4.62. The van der Waals surface area contributed by atoms with Crippen molar-refractivity contribution in [2.75, 3.05) is 0 Å². The SMILES string of the molecule is NC1CC(c2nc(-c3cc(F)ccc3F)cs2)C1. The Morgan fingerprint density at radius 2 is 2.06 bits per heavy atom. The van der Waals surface area contributed by atoms with Gasteiger partial charge in [0.15, 0.2) is 0 Å². The first-order chi connectivity index (χ1) is 8.63. The zero-order chi connectivity index (χ0) is 12.7. The van der Waals surface area contributed by atoms with Crippen molar-refractivity contribution in [3.8, 4) is 11.3 Å². The Bertz CT molecular complexity index is 576. The van der Waals surface area contributed by atoms with Crippen LogP contribution in [0, 0.1) is 11.6 Å². The number of hydrogen-bond donors (Lipinski definition) is 1. The lowest BCUT2D eigenvalue weighted by molar-refractivity contribution is 0.351. The van der Waals surface area contributed by atoms with E-state index >= 15 is 0 Å². The zero-order valence-corrected chi connectivity index (χ0v) is 10.4. The van der Waals surface area contributed by atoms with Gasteiger partial charge < -0.3 is 5.73 Å². The number of rotatable bonds is 2. The third-order valence-corrected chi connectivity index (χ3v) is 4.26. The van der Waals surface area contributed by atoms with Crippen molar-refractivity contribution in [1.82, 2.24) is 4.98 Å². The fraction of sp³-hybridized carbons (Fsp3) is 0.308. The Kier molecular flexibility index (Phi) is 2.87. The van der Waals surface area contributed by atoms with Gasteiger partial charge in [0.05, 0.1) is 10.7 Å². The highest BCUT2D eigenvalue weighted by Gasteiger charge is 2.29. The van der Waals surface area contributed by atoms with Gasteiger partial charge in [0.2, 0.25) is 0 Å². The molecule has 2 aromatic rings. The third kappa shape index (κ3) is 2.04. The maximum absolute atomic E-state index is 13.6. The van der Waals surface area contributed by atoms with E-state index in [-0.39, 0.29) is 11.6 Å². The van der Waals surface area contributed by atoms with Crippen molar-refractivity contribution >= 4 is 11.3 Å². The van der Waals surface area contributed by atoms with E-state index in [0.29, 0.717) is 11.6 Å². The minimum Gasteiger partial charge on any atom is -0.328 e. The molecule has 1 aromatic heterocycles. The largest absolute Gasteiger partial charge is 0.328 e. The summed E-state index contributed by atoms with van der Waals surface area (Å²) in [5.74, 6) is -0.513. The van der Waals surface area contributed by atoms with Gasteiger partial charge in [-0.05, 0) is 31.0 Å². The Labute approximate surface area is 107 Å². The van der Waals surface area contributed by atoms with Gasteiger partial charge in [-0.25, -0.2) is 13.8 Å². The van der Waals surface area contributed by atoms with Crippen molar-refractivity contribution in [3.05, 3.63) is 40.2 Å². The number of thiazole rings is 1. The molecule has 3 rings (SSSR count). The van der Waals surface area contributed by atoms with Crippen LogP contribution in [-0.4, -0.2) is 11.0 Å². The number of benzene rings is 1. The van der Waals surface area contributed by atoms with Gasteiger partial charge in [-0.1, -0.05) is 0 Å². The first-order valence-corrected chi connectivity index (χ1v) is 6.68. The third-order valence-electron chi connectivity index (χ3n) is 3.25. The van der Waals surface area contributed by atoms with E-state index in [1.807, 2.05) is 0 Å². The molecule has 0 spiro atoms. The zero-order valence-electron chi connectivity index (χ0n) is 9.57. The van der Waals surface area contributed by atoms with E-state index in [1.165, 1.54) is 17.4 Å². The van der Waals surface area contributed by atoms with Crippen LogP contribution in [0.2, 0.25) is 0 Å². The summed E-state index contributed by atoms with van der Waals surface area (Å²) in [6, 6.07) is 3.67. The predicted molar refractivity (Wildman–Crippen MR) is 67.4 cm³/mol. The van der Waals surface area contributed by atoms with Gasteiger partial charge in [-0.15, -0.1) is 11.3 Å². The smallest absolute Gasteiger partial charge is 0.132 e. The standard InChI is InChI=1S/C13H12F2N2S/c14-8-1-2-11(15)10(5-8)12-6-18-13(17-12)7-3-9(16)4-7/h1-2,5-7,9H,3-4,16H2. The van der Waals surface area contributed by atoms with Crippen LogP contribution in [-0.2, 0) is 0 Å². The molecule has 0 saturated heterocycles. The predicted octanol–water partition coefficient (Wildman–Crippen LogP) is 3.29. The maximum atomic E-state index is 13.6. The molecule has 2 N–H and O–H groups in total. The summed E-state index contributed by atoms with van der Waals surface area (Å²) in [5.41, 5.74) is 6.47. The topological polar surface area (TPSA) is 38.9 Å². The summed E-state index contributed by atoms with van der Waals surface area (Å²) in [5, 5.41) is 2.74. The molecule has 1 heterocycles. The normalized spacial score (nSPS) is 22.8. The molecule has 18 heavy (non-hydrogen) atoms. The molecule has 0 atom stereocenters. The summed E-state index contributed by atoms with van der Waals surface area (Å²) in [6.07, 6.45) is 1.86. The first-order valence-electron chi connectivity index (χ1n) is 5.80. The molecular formula is C13H12F2N2S. The first kappa shape index (κ1) is 11.7. The van der Waals surface area contributed by atoms with Gasteiger partial charge in [-0.3, -0.25) is 0 Å². The molecule has 0 aliphatic heterocycles. The molecule has 5 heteroatoms. The van der Waals surface area contributed by atoms with Crippen LogP contribution < -0.4 is 5.73 Å². The van der Waals surface area contributed by atoms with Crippen LogP contribution in [0.25, 0.3) is 11.3 Å². The lowest BCUT2D eigenvalue weighted by atomic mass is 9.81. The Balaban J connectivity index is 1.90. The van der Waals surface area contributed by atoms with Gasteiger partial charge in [-0.2, -0.15) is 0 Å². The molecule has 94 valence electrons. The van der Waals surface area contributed by atoms with Gasteiger partial charge >= 0.3 is 0 Å². The second kappa shape index (κ2) is 4.40. The van der Waals surface area contributed by atoms with E-state index in [2.05, 4.69) is 4.98 Å². The van der Waals surface area contributed by atoms with Crippen molar-refractivity contribution in [2.45, 2.75) is 24.8 Å². The summed E-state index contributed by atoms with van der Waals surface area (Å²) in [7, 11) is 0. The highest BCUT2D eigenvalue weighted by molar-refractivity contribution is 7.10. The summed E-state index contributed by atoms with van der Waals surface area (Å²) in [6.45, 7) is 0. The minimum atomic E-state index is -0.452. The summed E-state index contributed by atoms with van der Waals surface area (Å²) >= 11 is 1.49. The van der Waals surface area contributed by atoms with E-state index in [1.54, 1.807) is 5.38 Å².